The highest BCUT2D eigenvalue weighted by molar-refractivity contribution is 7.88. The van der Waals surface area contributed by atoms with Crippen LogP contribution in [0.2, 0.25) is 0 Å². The summed E-state index contributed by atoms with van der Waals surface area (Å²) in [5.74, 6) is 0.230. The zero-order valence-electron chi connectivity index (χ0n) is 19.1. The first-order valence-corrected chi connectivity index (χ1v) is 12.9. The van der Waals surface area contributed by atoms with Gasteiger partial charge in [-0.25, -0.2) is 12.7 Å². The van der Waals surface area contributed by atoms with Crippen molar-refractivity contribution in [3.05, 3.63) is 100 Å². The maximum absolute atomic E-state index is 11.7. The van der Waals surface area contributed by atoms with E-state index in [2.05, 4.69) is 53.5 Å². The highest BCUT2D eigenvalue weighted by Crippen LogP contribution is 2.34. The molecule has 2 aromatic carbocycles. The molecule has 0 amide bonds. The second kappa shape index (κ2) is 9.45. The van der Waals surface area contributed by atoms with E-state index in [0.29, 0.717) is 25.2 Å². The van der Waals surface area contributed by atoms with E-state index in [0.717, 1.165) is 22.4 Å². The van der Waals surface area contributed by atoms with Crippen LogP contribution in [0.15, 0.2) is 72.0 Å². The molecule has 172 valence electrons. The lowest BCUT2D eigenvalue weighted by molar-refractivity contribution is 0.266. The Morgan fingerprint density at radius 3 is 2.42 bits per heavy atom. The standard InChI is InChI=1S/C26H29N3O3S/c1-18-6-4-5-7-24(18)25(15-26(28-30)22-12-13-27-19(2)14-22)21-10-8-20(9-11-21)23-16-29(17-23)33(3,31)32/h4-14,23,25,30H,15-17H2,1-3H3/b28-26+/t25-/m1/s1. The van der Waals surface area contributed by atoms with Gasteiger partial charge < -0.3 is 5.21 Å². The average Bonchev–Trinajstić information content (AvgIpc) is 2.74. The minimum atomic E-state index is -3.12. The number of sulfonamides is 1. The fourth-order valence-corrected chi connectivity index (χ4v) is 5.34. The summed E-state index contributed by atoms with van der Waals surface area (Å²) in [7, 11) is -3.12. The van der Waals surface area contributed by atoms with E-state index in [1.165, 1.54) is 21.7 Å². The van der Waals surface area contributed by atoms with Crippen LogP contribution < -0.4 is 0 Å². The molecule has 0 aliphatic carbocycles. The third-order valence-corrected chi connectivity index (χ3v) is 7.68. The van der Waals surface area contributed by atoms with E-state index < -0.39 is 10.0 Å². The Bertz CT molecular complexity index is 1260. The molecule has 3 aromatic rings. The quantitative estimate of drug-likeness (QED) is 0.319. The largest absolute Gasteiger partial charge is 0.411 e. The number of hydrogen-bond donors (Lipinski definition) is 1. The Balaban J connectivity index is 1.63. The molecule has 1 fully saturated rings. The van der Waals surface area contributed by atoms with Gasteiger partial charge in [0.2, 0.25) is 10.0 Å². The molecular formula is C26H29N3O3S. The molecule has 0 spiro atoms. The predicted octanol–water partition coefficient (Wildman–Crippen LogP) is 4.46. The number of pyridine rings is 1. The maximum Gasteiger partial charge on any atom is 0.211 e. The van der Waals surface area contributed by atoms with Crippen molar-refractivity contribution >= 4 is 15.7 Å². The fraction of sp³-hybridized carbons (Fsp3) is 0.308. The molecule has 1 aromatic heterocycles. The van der Waals surface area contributed by atoms with Gasteiger partial charge in [-0.15, -0.1) is 0 Å². The summed E-state index contributed by atoms with van der Waals surface area (Å²) < 4.78 is 24.9. The molecule has 0 unspecified atom stereocenters. The molecular weight excluding hydrogens is 434 g/mol. The lowest BCUT2D eigenvalue weighted by atomic mass is 9.82. The van der Waals surface area contributed by atoms with Gasteiger partial charge in [-0.05, 0) is 48.2 Å². The molecule has 2 heterocycles. The lowest BCUT2D eigenvalue weighted by Gasteiger charge is -2.37. The van der Waals surface area contributed by atoms with Crippen molar-refractivity contribution < 1.29 is 13.6 Å². The minimum absolute atomic E-state index is 0.00790. The Morgan fingerprint density at radius 2 is 1.82 bits per heavy atom. The van der Waals surface area contributed by atoms with Crippen LogP contribution in [0.25, 0.3) is 0 Å². The van der Waals surface area contributed by atoms with Crippen molar-refractivity contribution in [3.8, 4) is 0 Å². The first-order valence-electron chi connectivity index (χ1n) is 11.0. The zero-order chi connectivity index (χ0) is 23.6. The molecule has 4 rings (SSSR count). The average molecular weight is 464 g/mol. The van der Waals surface area contributed by atoms with Crippen molar-refractivity contribution in [3.63, 3.8) is 0 Å². The van der Waals surface area contributed by atoms with Crippen molar-refractivity contribution in [1.29, 1.82) is 0 Å². The molecule has 1 aliphatic heterocycles. The number of nitrogens with zero attached hydrogens (tertiary/aromatic N) is 3. The third kappa shape index (κ3) is 5.15. The minimum Gasteiger partial charge on any atom is -0.411 e. The van der Waals surface area contributed by atoms with Crippen molar-refractivity contribution in [2.75, 3.05) is 19.3 Å². The van der Waals surface area contributed by atoms with E-state index in [9.17, 15) is 13.6 Å². The SMILES string of the molecule is Cc1cc(/C(C[C@H](c2ccc(C3CN(S(C)(=O)=O)C3)cc2)c2ccccc2C)=N/O)ccn1. The molecule has 0 saturated carbocycles. The highest BCUT2D eigenvalue weighted by Gasteiger charge is 2.34. The van der Waals surface area contributed by atoms with Crippen LogP contribution in [0.5, 0.6) is 0 Å². The molecule has 1 N–H and O–H groups in total. The van der Waals surface area contributed by atoms with Gasteiger partial charge in [0.15, 0.2) is 0 Å². The summed E-state index contributed by atoms with van der Waals surface area (Å²) >= 11 is 0. The van der Waals surface area contributed by atoms with Crippen LogP contribution in [0.4, 0.5) is 0 Å². The Morgan fingerprint density at radius 1 is 1.12 bits per heavy atom. The Labute approximate surface area is 195 Å². The van der Waals surface area contributed by atoms with Crippen LogP contribution in [0.1, 0.15) is 51.8 Å². The van der Waals surface area contributed by atoms with Crippen molar-refractivity contribution in [2.45, 2.75) is 32.1 Å². The van der Waals surface area contributed by atoms with E-state index in [1.54, 1.807) is 6.20 Å². The summed E-state index contributed by atoms with van der Waals surface area (Å²) in [6.45, 7) is 5.07. The second-order valence-electron chi connectivity index (χ2n) is 8.79. The van der Waals surface area contributed by atoms with Gasteiger partial charge >= 0.3 is 0 Å². The molecule has 0 radical (unpaired) electrons. The van der Waals surface area contributed by atoms with Crippen LogP contribution in [-0.4, -0.2) is 48.0 Å². The summed E-state index contributed by atoms with van der Waals surface area (Å²) in [5.41, 5.74) is 6.97. The van der Waals surface area contributed by atoms with Crippen LogP contribution in [0.3, 0.4) is 0 Å². The third-order valence-electron chi connectivity index (χ3n) is 6.44. The van der Waals surface area contributed by atoms with Gasteiger partial charge in [-0.3, -0.25) is 4.98 Å². The molecule has 33 heavy (non-hydrogen) atoms. The van der Waals surface area contributed by atoms with Gasteiger partial charge in [0.25, 0.3) is 0 Å². The first-order chi connectivity index (χ1) is 15.8. The van der Waals surface area contributed by atoms with E-state index in [4.69, 9.17) is 0 Å². The molecule has 7 heteroatoms. The van der Waals surface area contributed by atoms with Gasteiger partial charge in [0.05, 0.1) is 12.0 Å². The lowest BCUT2D eigenvalue weighted by Crippen LogP contribution is -2.47. The summed E-state index contributed by atoms with van der Waals surface area (Å²) in [5, 5.41) is 13.5. The van der Waals surface area contributed by atoms with E-state index in [1.807, 2.05) is 31.2 Å². The van der Waals surface area contributed by atoms with Gasteiger partial charge in [-0.2, -0.15) is 0 Å². The first kappa shape index (κ1) is 23.1. The molecule has 0 bridgehead atoms. The normalized spacial score (nSPS) is 16.4. The Hall–Kier alpha value is -3.03. The smallest absolute Gasteiger partial charge is 0.211 e. The fourth-order valence-electron chi connectivity index (χ4n) is 4.44. The van der Waals surface area contributed by atoms with Crippen LogP contribution >= 0.6 is 0 Å². The van der Waals surface area contributed by atoms with Crippen molar-refractivity contribution in [2.24, 2.45) is 5.16 Å². The molecule has 1 saturated heterocycles. The van der Waals surface area contributed by atoms with Gasteiger partial charge in [0.1, 0.15) is 0 Å². The number of hydrogen-bond acceptors (Lipinski definition) is 5. The number of rotatable bonds is 7. The number of oxime groups is 1. The molecule has 6 nitrogen and oxygen atoms in total. The maximum atomic E-state index is 11.7. The highest BCUT2D eigenvalue weighted by atomic mass is 32.2. The monoisotopic (exact) mass is 463 g/mol. The van der Waals surface area contributed by atoms with Crippen LogP contribution in [-0.2, 0) is 10.0 Å². The van der Waals surface area contributed by atoms with Crippen molar-refractivity contribution in [1.82, 2.24) is 9.29 Å². The topological polar surface area (TPSA) is 82.9 Å². The predicted molar refractivity (Wildman–Crippen MR) is 131 cm³/mol. The van der Waals surface area contributed by atoms with Gasteiger partial charge in [0, 0.05) is 48.8 Å². The molecule has 1 aliphatic rings. The number of benzene rings is 2. The summed E-state index contributed by atoms with van der Waals surface area (Å²) in [6, 6.07) is 20.5. The van der Waals surface area contributed by atoms with Crippen LogP contribution in [0, 0.1) is 13.8 Å². The zero-order valence-corrected chi connectivity index (χ0v) is 20.0. The summed E-state index contributed by atoms with van der Waals surface area (Å²) in [6.07, 6.45) is 3.52. The van der Waals surface area contributed by atoms with E-state index >= 15 is 0 Å². The summed E-state index contributed by atoms with van der Waals surface area (Å²) in [4.78, 5) is 4.25. The Kier molecular flexibility index (Phi) is 6.63. The number of aromatic nitrogens is 1. The van der Waals surface area contributed by atoms with Gasteiger partial charge in [-0.1, -0.05) is 53.7 Å². The van der Waals surface area contributed by atoms with E-state index in [-0.39, 0.29) is 11.8 Å². The molecule has 1 atom stereocenters. The second-order valence-corrected chi connectivity index (χ2v) is 10.8. The number of aryl methyl sites for hydroxylation is 2.